The number of esters is 1. The number of carbonyl (C=O) groups excluding carboxylic acids is 4. The Morgan fingerprint density at radius 3 is 2.04 bits per heavy atom. The van der Waals surface area contributed by atoms with Crippen LogP contribution in [0.25, 0.3) is 0 Å². The average Bonchev–Trinajstić information content (AvgIpc) is 2.93. The second kappa shape index (κ2) is 16.7. The molecular weight excluding hydrogens is 590 g/mol. The standard InChI is InChI=1S/C35H51N3O6S/c1-10-11-19-38(31(40)28(22-45)37-33(42)44-35(7,8)9)29(26-20-23(2)17-18-24(26)3)30(39)36-27(32(41)43-34(4,5)6)21-25-15-13-12-14-16-25/h12-18,20,27-29,45H,10-11,19,21-22H2,1-9H3,(H,36,39)(H,37,42). The first-order valence-corrected chi connectivity index (χ1v) is 16.1. The third-order valence-corrected chi connectivity index (χ3v) is 7.15. The van der Waals surface area contributed by atoms with E-state index in [1.807, 2.05) is 69.3 Å². The van der Waals surface area contributed by atoms with Crippen molar-refractivity contribution in [2.45, 2.75) is 111 Å². The molecule has 0 heterocycles. The van der Waals surface area contributed by atoms with E-state index < -0.39 is 53.2 Å². The molecule has 10 heteroatoms. The van der Waals surface area contributed by atoms with Crippen LogP contribution in [0.5, 0.6) is 0 Å². The van der Waals surface area contributed by atoms with Crippen LogP contribution in [-0.2, 0) is 30.3 Å². The van der Waals surface area contributed by atoms with E-state index >= 15 is 0 Å². The highest BCUT2D eigenvalue weighted by atomic mass is 32.1. The highest BCUT2D eigenvalue weighted by Gasteiger charge is 2.38. The van der Waals surface area contributed by atoms with Gasteiger partial charge in [0.15, 0.2) is 0 Å². The van der Waals surface area contributed by atoms with Gasteiger partial charge in [0.25, 0.3) is 0 Å². The highest BCUT2D eigenvalue weighted by molar-refractivity contribution is 7.80. The number of nitrogens with zero attached hydrogens (tertiary/aromatic N) is 1. The van der Waals surface area contributed by atoms with Crippen LogP contribution >= 0.6 is 12.6 Å². The highest BCUT2D eigenvalue weighted by Crippen LogP contribution is 2.28. The molecule has 2 N–H and O–H groups in total. The first-order valence-electron chi connectivity index (χ1n) is 15.5. The van der Waals surface area contributed by atoms with Gasteiger partial charge in [-0.05, 0) is 78.5 Å². The third-order valence-electron chi connectivity index (χ3n) is 6.79. The number of thiol groups is 1. The smallest absolute Gasteiger partial charge is 0.408 e. The van der Waals surface area contributed by atoms with Crippen molar-refractivity contribution >= 4 is 36.5 Å². The molecule has 0 aliphatic carbocycles. The molecule has 0 aliphatic rings. The maximum atomic E-state index is 14.5. The number of nitrogens with one attached hydrogen (secondary N) is 2. The number of aryl methyl sites for hydroxylation is 2. The van der Waals surface area contributed by atoms with E-state index in [-0.39, 0.29) is 18.7 Å². The number of hydrogen-bond acceptors (Lipinski definition) is 7. The van der Waals surface area contributed by atoms with Crippen molar-refractivity contribution < 1.29 is 28.7 Å². The van der Waals surface area contributed by atoms with Crippen molar-refractivity contribution in [2.24, 2.45) is 0 Å². The molecule has 0 fully saturated rings. The molecular formula is C35H51N3O6S. The number of alkyl carbamates (subject to hydrolysis) is 1. The molecule has 0 bridgehead atoms. The summed E-state index contributed by atoms with van der Waals surface area (Å²) >= 11 is 4.37. The molecule has 9 nitrogen and oxygen atoms in total. The minimum Gasteiger partial charge on any atom is -0.458 e. The fraction of sp³-hybridized carbons (Fsp3) is 0.543. The lowest BCUT2D eigenvalue weighted by atomic mass is 9.95. The quantitative estimate of drug-likeness (QED) is 0.186. The van der Waals surface area contributed by atoms with Crippen LogP contribution in [0.15, 0.2) is 48.5 Å². The lowest BCUT2D eigenvalue weighted by Crippen LogP contribution is -2.55. The monoisotopic (exact) mass is 641 g/mol. The maximum Gasteiger partial charge on any atom is 0.408 e. The second-order valence-electron chi connectivity index (χ2n) is 13.3. The predicted molar refractivity (Wildman–Crippen MR) is 180 cm³/mol. The van der Waals surface area contributed by atoms with Gasteiger partial charge in [0, 0.05) is 18.7 Å². The molecule has 3 unspecified atom stereocenters. The Morgan fingerprint density at radius 1 is 0.867 bits per heavy atom. The van der Waals surface area contributed by atoms with Crippen molar-refractivity contribution in [3.05, 3.63) is 70.8 Å². The van der Waals surface area contributed by atoms with E-state index in [2.05, 4.69) is 23.3 Å². The largest absolute Gasteiger partial charge is 0.458 e. The van der Waals surface area contributed by atoms with Gasteiger partial charge in [0.2, 0.25) is 11.8 Å². The fourth-order valence-electron chi connectivity index (χ4n) is 4.70. The first-order chi connectivity index (χ1) is 21.0. The topological polar surface area (TPSA) is 114 Å². The average molecular weight is 642 g/mol. The van der Waals surface area contributed by atoms with Gasteiger partial charge < -0.3 is 25.0 Å². The van der Waals surface area contributed by atoms with E-state index in [4.69, 9.17) is 9.47 Å². The molecule has 0 spiro atoms. The Kier molecular flexibility index (Phi) is 14.0. The normalized spacial score (nSPS) is 13.6. The Morgan fingerprint density at radius 2 is 1.49 bits per heavy atom. The fourth-order valence-corrected chi connectivity index (χ4v) is 4.95. The summed E-state index contributed by atoms with van der Waals surface area (Å²) in [4.78, 5) is 56.3. The van der Waals surface area contributed by atoms with Gasteiger partial charge >= 0.3 is 12.1 Å². The van der Waals surface area contributed by atoms with E-state index in [9.17, 15) is 19.2 Å². The van der Waals surface area contributed by atoms with E-state index in [0.717, 1.165) is 23.1 Å². The Balaban J connectivity index is 2.61. The molecule has 2 aromatic carbocycles. The lowest BCUT2D eigenvalue weighted by Gasteiger charge is -2.36. The third kappa shape index (κ3) is 12.4. The van der Waals surface area contributed by atoms with Crippen LogP contribution in [0, 0.1) is 13.8 Å². The van der Waals surface area contributed by atoms with E-state index in [1.54, 1.807) is 41.5 Å². The lowest BCUT2D eigenvalue weighted by molar-refractivity contribution is -0.159. The van der Waals surface area contributed by atoms with Crippen molar-refractivity contribution in [1.29, 1.82) is 0 Å². The molecule has 3 amide bonds. The molecule has 0 aliphatic heterocycles. The van der Waals surface area contributed by atoms with Crippen LogP contribution in [-0.4, -0.2) is 64.4 Å². The van der Waals surface area contributed by atoms with Crippen molar-refractivity contribution in [1.82, 2.24) is 15.5 Å². The molecule has 2 aromatic rings. The summed E-state index contributed by atoms with van der Waals surface area (Å²) in [6.45, 7) is 16.5. The number of amides is 3. The molecule has 0 radical (unpaired) electrons. The van der Waals surface area contributed by atoms with Crippen LogP contribution in [0.3, 0.4) is 0 Å². The summed E-state index contributed by atoms with van der Waals surface area (Å²) < 4.78 is 11.1. The summed E-state index contributed by atoms with van der Waals surface area (Å²) in [7, 11) is 0. The van der Waals surface area contributed by atoms with E-state index in [1.165, 1.54) is 4.90 Å². The molecule has 248 valence electrons. The first kappa shape index (κ1) is 37.7. The molecule has 0 aromatic heterocycles. The summed E-state index contributed by atoms with van der Waals surface area (Å²) in [5.41, 5.74) is 1.62. The van der Waals surface area contributed by atoms with Gasteiger partial charge in [0.05, 0.1) is 0 Å². The number of ether oxygens (including phenoxy) is 2. The van der Waals surface area contributed by atoms with Gasteiger partial charge in [-0.15, -0.1) is 0 Å². The van der Waals surface area contributed by atoms with E-state index in [0.29, 0.717) is 12.0 Å². The van der Waals surface area contributed by atoms with Crippen molar-refractivity contribution in [2.75, 3.05) is 12.3 Å². The van der Waals surface area contributed by atoms with Crippen LogP contribution < -0.4 is 10.6 Å². The summed E-state index contributed by atoms with van der Waals surface area (Å²) in [5, 5.41) is 5.57. The zero-order valence-electron chi connectivity index (χ0n) is 28.2. The van der Waals surface area contributed by atoms with Gasteiger partial charge in [-0.3, -0.25) is 9.59 Å². The van der Waals surface area contributed by atoms with Crippen LogP contribution in [0.1, 0.15) is 89.6 Å². The zero-order valence-corrected chi connectivity index (χ0v) is 29.1. The number of hydrogen-bond donors (Lipinski definition) is 3. The van der Waals surface area contributed by atoms with Crippen molar-refractivity contribution in [3.63, 3.8) is 0 Å². The number of rotatable bonds is 13. The predicted octanol–water partition coefficient (Wildman–Crippen LogP) is 5.87. The van der Waals surface area contributed by atoms with Gasteiger partial charge in [-0.2, -0.15) is 12.6 Å². The molecule has 2 rings (SSSR count). The Hall–Kier alpha value is -3.53. The van der Waals surface area contributed by atoms with Gasteiger partial charge in [0.1, 0.15) is 29.3 Å². The zero-order chi connectivity index (χ0) is 33.9. The van der Waals surface area contributed by atoms with Gasteiger partial charge in [-0.1, -0.05) is 67.4 Å². The van der Waals surface area contributed by atoms with Crippen molar-refractivity contribution in [3.8, 4) is 0 Å². The number of carbonyl (C=O) groups is 4. The SMILES string of the molecule is CCCCN(C(=O)C(CS)NC(=O)OC(C)(C)C)C(C(=O)NC(Cc1ccccc1)C(=O)OC(C)(C)C)c1cc(C)ccc1C. The number of unbranched alkanes of at least 4 members (excludes halogenated alkanes) is 1. The van der Waals surface area contributed by atoms with Gasteiger partial charge in [-0.25, -0.2) is 9.59 Å². The summed E-state index contributed by atoms with van der Waals surface area (Å²) in [5.74, 6) is -1.61. The molecule has 45 heavy (non-hydrogen) atoms. The minimum atomic E-state index is -1.10. The number of benzene rings is 2. The molecule has 0 saturated carbocycles. The van der Waals surface area contributed by atoms with Crippen LogP contribution in [0.2, 0.25) is 0 Å². The van der Waals surface area contributed by atoms with Crippen LogP contribution in [0.4, 0.5) is 4.79 Å². The Bertz CT molecular complexity index is 1300. The summed E-state index contributed by atoms with van der Waals surface area (Å²) in [6, 6.07) is 11.9. The minimum absolute atomic E-state index is 0.0175. The molecule has 0 saturated heterocycles. The second-order valence-corrected chi connectivity index (χ2v) is 13.7. The summed E-state index contributed by atoms with van der Waals surface area (Å²) in [6.07, 6.45) is 0.797. The Labute approximate surface area is 274 Å². The molecule has 3 atom stereocenters. The maximum absolute atomic E-state index is 14.5.